The Kier molecular flexibility index (Phi) is 6.20. The van der Waals surface area contributed by atoms with Crippen molar-refractivity contribution >= 4 is 0 Å². The van der Waals surface area contributed by atoms with Gasteiger partial charge in [0.15, 0.2) is 0 Å². The van der Waals surface area contributed by atoms with Crippen molar-refractivity contribution < 1.29 is 0 Å². The molecule has 1 rings (SSSR count). The zero-order chi connectivity index (χ0) is 10.2. The summed E-state index contributed by atoms with van der Waals surface area (Å²) in [4.78, 5) is 0. The second-order valence-electron chi connectivity index (χ2n) is 4.67. The van der Waals surface area contributed by atoms with Gasteiger partial charge in [0.1, 0.15) is 0 Å². The molecule has 2 nitrogen and oxygen atoms in total. The zero-order valence-electron chi connectivity index (χ0n) is 9.60. The van der Waals surface area contributed by atoms with Crippen molar-refractivity contribution in [1.82, 2.24) is 5.43 Å². The molecule has 1 fully saturated rings. The Morgan fingerprint density at radius 2 is 1.93 bits per heavy atom. The average molecular weight is 198 g/mol. The van der Waals surface area contributed by atoms with Crippen LogP contribution in [0.3, 0.4) is 0 Å². The van der Waals surface area contributed by atoms with Gasteiger partial charge in [-0.3, -0.25) is 11.3 Å². The van der Waals surface area contributed by atoms with Gasteiger partial charge in [-0.25, -0.2) is 0 Å². The van der Waals surface area contributed by atoms with Crippen LogP contribution < -0.4 is 11.3 Å². The Hall–Kier alpha value is -0.0800. The van der Waals surface area contributed by atoms with E-state index in [0.717, 1.165) is 5.92 Å². The fourth-order valence-corrected chi connectivity index (χ4v) is 2.61. The molecule has 0 saturated heterocycles. The highest BCUT2D eigenvalue weighted by molar-refractivity contribution is 4.77. The molecule has 0 aromatic heterocycles. The minimum Gasteiger partial charge on any atom is -0.271 e. The monoisotopic (exact) mass is 198 g/mol. The van der Waals surface area contributed by atoms with E-state index >= 15 is 0 Å². The third-order valence-electron chi connectivity index (χ3n) is 3.55. The van der Waals surface area contributed by atoms with Crippen LogP contribution >= 0.6 is 0 Å². The molecule has 0 bridgehead atoms. The second-order valence-corrected chi connectivity index (χ2v) is 4.67. The summed E-state index contributed by atoms with van der Waals surface area (Å²) < 4.78 is 0. The van der Waals surface area contributed by atoms with E-state index in [4.69, 9.17) is 5.84 Å². The smallest absolute Gasteiger partial charge is 0.0238 e. The van der Waals surface area contributed by atoms with Crippen LogP contribution in [0.2, 0.25) is 0 Å². The van der Waals surface area contributed by atoms with Crippen molar-refractivity contribution in [3.8, 4) is 0 Å². The number of nitrogens with one attached hydrogen (secondary N) is 1. The van der Waals surface area contributed by atoms with Crippen molar-refractivity contribution in [3.63, 3.8) is 0 Å². The van der Waals surface area contributed by atoms with E-state index in [1.807, 2.05) is 0 Å². The van der Waals surface area contributed by atoms with Gasteiger partial charge in [0.25, 0.3) is 0 Å². The topological polar surface area (TPSA) is 38.0 Å². The molecule has 0 spiro atoms. The molecule has 1 unspecified atom stereocenters. The van der Waals surface area contributed by atoms with Crippen molar-refractivity contribution in [3.05, 3.63) is 0 Å². The molecule has 2 heteroatoms. The van der Waals surface area contributed by atoms with Crippen molar-refractivity contribution in [2.24, 2.45) is 11.8 Å². The summed E-state index contributed by atoms with van der Waals surface area (Å²) in [6.45, 7) is 2.26. The Morgan fingerprint density at radius 3 is 2.50 bits per heavy atom. The highest BCUT2D eigenvalue weighted by atomic mass is 15.2. The molecule has 0 amide bonds. The standard InChI is InChI=1S/C12H26N2/c1-2-3-5-10-12(14-13)11-8-6-4-7-9-11/h11-12,14H,2-10,13H2,1H3. The number of unbranched alkanes of at least 4 members (excludes halogenated alkanes) is 2. The van der Waals surface area contributed by atoms with E-state index in [9.17, 15) is 0 Å². The maximum absolute atomic E-state index is 5.64. The lowest BCUT2D eigenvalue weighted by Gasteiger charge is -2.29. The SMILES string of the molecule is CCCCCC(NN)C1CCCCC1. The molecule has 1 aliphatic carbocycles. The minimum atomic E-state index is 0.585. The van der Waals surface area contributed by atoms with Gasteiger partial charge < -0.3 is 0 Å². The van der Waals surface area contributed by atoms with Crippen molar-refractivity contribution in [2.75, 3.05) is 0 Å². The van der Waals surface area contributed by atoms with E-state index in [1.54, 1.807) is 0 Å². The lowest BCUT2D eigenvalue weighted by Crippen LogP contribution is -2.41. The van der Waals surface area contributed by atoms with Crippen LogP contribution in [0.1, 0.15) is 64.7 Å². The Balaban J connectivity index is 2.21. The number of rotatable bonds is 6. The average Bonchev–Trinajstić information content (AvgIpc) is 2.26. The molecule has 1 atom stereocenters. The molecule has 0 aromatic rings. The van der Waals surface area contributed by atoms with Crippen LogP contribution in [0.15, 0.2) is 0 Å². The summed E-state index contributed by atoms with van der Waals surface area (Å²) in [7, 11) is 0. The molecular formula is C12H26N2. The summed E-state index contributed by atoms with van der Waals surface area (Å²) in [6.07, 6.45) is 12.3. The highest BCUT2D eigenvalue weighted by Gasteiger charge is 2.21. The summed E-state index contributed by atoms with van der Waals surface area (Å²) in [5, 5.41) is 0. The molecule has 14 heavy (non-hydrogen) atoms. The van der Waals surface area contributed by atoms with Gasteiger partial charge in [-0.05, 0) is 25.2 Å². The number of hydrogen-bond donors (Lipinski definition) is 2. The van der Waals surface area contributed by atoms with Gasteiger partial charge in [0.2, 0.25) is 0 Å². The van der Waals surface area contributed by atoms with Crippen LogP contribution in [0.5, 0.6) is 0 Å². The fourth-order valence-electron chi connectivity index (χ4n) is 2.61. The van der Waals surface area contributed by atoms with Gasteiger partial charge in [0.05, 0.1) is 0 Å². The quantitative estimate of drug-likeness (QED) is 0.391. The summed E-state index contributed by atoms with van der Waals surface area (Å²) >= 11 is 0. The van der Waals surface area contributed by atoms with Crippen molar-refractivity contribution in [2.45, 2.75) is 70.8 Å². The third kappa shape index (κ3) is 3.97. The van der Waals surface area contributed by atoms with Gasteiger partial charge in [-0.1, -0.05) is 45.4 Å². The summed E-state index contributed by atoms with van der Waals surface area (Å²) in [5.74, 6) is 6.49. The summed E-state index contributed by atoms with van der Waals surface area (Å²) in [6, 6.07) is 0.585. The largest absolute Gasteiger partial charge is 0.271 e. The zero-order valence-corrected chi connectivity index (χ0v) is 9.60. The predicted octanol–water partition coefficient (Wildman–Crippen LogP) is 2.98. The van der Waals surface area contributed by atoms with Crippen LogP contribution in [-0.2, 0) is 0 Å². The molecule has 84 valence electrons. The number of hydrazine groups is 1. The number of nitrogens with two attached hydrogens (primary N) is 1. The van der Waals surface area contributed by atoms with E-state index in [-0.39, 0.29) is 0 Å². The first-order valence-corrected chi connectivity index (χ1v) is 6.34. The maximum Gasteiger partial charge on any atom is 0.0238 e. The normalized spacial score (nSPS) is 21.0. The third-order valence-corrected chi connectivity index (χ3v) is 3.55. The first kappa shape index (κ1) is 12.0. The maximum atomic E-state index is 5.64. The van der Waals surface area contributed by atoms with Gasteiger partial charge in [-0.15, -0.1) is 0 Å². The molecule has 1 saturated carbocycles. The van der Waals surface area contributed by atoms with Crippen LogP contribution in [0, 0.1) is 5.92 Å². The molecule has 1 aliphatic rings. The van der Waals surface area contributed by atoms with Crippen LogP contribution in [0.4, 0.5) is 0 Å². The molecule has 0 radical (unpaired) electrons. The Bertz CT molecular complexity index is 130. The van der Waals surface area contributed by atoms with E-state index < -0.39 is 0 Å². The molecule has 0 aliphatic heterocycles. The van der Waals surface area contributed by atoms with Gasteiger partial charge >= 0.3 is 0 Å². The molecule has 0 aromatic carbocycles. The molecule has 0 heterocycles. The summed E-state index contributed by atoms with van der Waals surface area (Å²) in [5.41, 5.74) is 3.03. The van der Waals surface area contributed by atoms with E-state index in [1.165, 1.54) is 57.8 Å². The fraction of sp³-hybridized carbons (Fsp3) is 1.00. The Morgan fingerprint density at radius 1 is 1.21 bits per heavy atom. The van der Waals surface area contributed by atoms with Gasteiger partial charge in [0, 0.05) is 6.04 Å². The first-order chi connectivity index (χ1) is 6.88. The predicted molar refractivity (Wildman–Crippen MR) is 61.8 cm³/mol. The van der Waals surface area contributed by atoms with Crippen LogP contribution in [-0.4, -0.2) is 6.04 Å². The first-order valence-electron chi connectivity index (χ1n) is 6.34. The lowest BCUT2D eigenvalue weighted by atomic mass is 9.82. The second kappa shape index (κ2) is 7.24. The van der Waals surface area contributed by atoms with E-state index in [2.05, 4.69) is 12.3 Å². The minimum absolute atomic E-state index is 0.585. The molecule has 3 N–H and O–H groups in total. The highest BCUT2D eigenvalue weighted by Crippen LogP contribution is 2.28. The van der Waals surface area contributed by atoms with Crippen molar-refractivity contribution in [1.29, 1.82) is 0 Å². The number of hydrogen-bond acceptors (Lipinski definition) is 2. The van der Waals surface area contributed by atoms with Crippen LogP contribution in [0.25, 0.3) is 0 Å². The Labute approximate surface area is 88.6 Å². The van der Waals surface area contributed by atoms with E-state index in [0.29, 0.717) is 6.04 Å². The molecular weight excluding hydrogens is 172 g/mol. The lowest BCUT2D eigenvalue weighted by molar-refractivity contribution is 0.255. The van der Waals surface area contributed by atoms with Gasteiger partial charge in [-0.2, -0.15) is 0 Å².